The van der Waals surface area contributed by atoms with Gasteiger partial charge in [-0.2, -0.15) is 0 Å². The summed E-state index contributed by atoms with van der Waals surface area (Å²) >= 11 is 1.73. The van der Waals surface area contributed by atoms with E-state index >= 15 is 0 Å². The van der Waals surface area contributed by atoms with Crippen LogP contribution < -0.4 is 5.32 Å². The maximum atomic E-state index is 13.6. The van der Waals surface area contributed by atoms with Gasteiger partial charge in [-0.25, -0.2) is 8.78 Å². The molecule has 0 atom stereocenters. The number of rotatable bonds is 6. The average molecular weight is 337 g/mol. The molecule has 0 radical (unpaired) electrons. The molecule has 0 spiro atoms. The Kier molecular flexibility index (Phi) is 6.52. The van der Waals surface area contributed by atoms with Crippen molar-refractivity contribution in [2.45, 2.75) is 12.8 Å². The van der Waals surface area contributed by atoms with E-state index < -0.39 is 11.6 Å². The third-order valence-corrected chi connectivity index (χ3v) is 4.50. The smallest absolute Gasteiger partial charge is 0.193 e. The zero-order valence-electron chi connectivity index (χ0n) is 13.4. The van der Waals surface area contributed by atoms with Crippen LogP contribution in [0.3, 0.4) is 0 Å². The Hall–Kier alpha value is -1.95. The molecule has 0 saturated heterocycles. The van der Waals surface area contributed by atoms with Gasteiger partial charge >= 0.3 is 0 Å². The molecule has 6 heteroatoms. The van der Waals surface area contributed by atoms with Crippen LogP contribution in [0.1, 0.15) is 10.4 Å². The van der Waals surface area contributed by atoms with E-state index in [1.807, 2.05) is 18.0 Å². The summed E-state index contributed by atoms with van der Waals surface area (Å²) in [4.78, 5) is 7.54. The van der Waals surface area contributed by atoms with Crippen molar-refractivity contribution in [3.05, 3.63) is 57.8 Å². The van der Waals surface area contributed by atoms with Gasteiger partial charge in [0, 0.05) is 37.6 Å². The van der Waals surface area contributed by atoms with Crippen LogP contribution in [0.25, 0.3) is 0 Å². The highest BCUT2D eigenvalue weighted by Gasteiger charge is 2.10. The first-order chi connectivity index (χ1) is 11.1. The van der Waals surface area contributed by atoms with E-state index in [1.165, 1.54) is 23.1 Å². The van der Waals surface area contributed by atoms with Crippen molar-refractivity contribution in [2.24, 2.45) is 4.99 Å². The highest BCUT2D eigenvalue weighted by atomic mass is 32.1. The minimum absolute atomic E-state index is 0.108. The number of hydrogen-bond donors (Lipinski definition) is 1. The standard InChI is InChI=1S/C17H21F2N3S/c1-20-17(22(2)11-9-13-5-4-12-23-13)21-10-8-14-15(18)6-3-7-16(14)19/h3-7,12H,8-11H2,1-2H3,(H,20,21). The number of thiophene rings is 1. The molecule has 0 aliphatic carbocycles. The second-order valence-corrected chi connectivity index (χ2v) is 6.21. The summed E-state index contributed by atoms with van der Waals surface area (Å²) in [5.41, 5.74) is 0.108. The molecule has 0 bridgehead atoms. The van der Waals surface area contributed by atoms with E-state index in [4.69, 9.17) is 0 Å². The first-order valence-corrected chi connectivity index (χ1v) is 8.37. The quantitative estimate of drug-likeness (QED) is 0.647. The molecular formula is C17H21F2N3S. The molecule has 0 aliphatic heterocycles. The average Bonchev–Trinajstić information content (AvgIpc) is 3.05. The molecule has 1 heterocycles. The molecule has 1 aromatic heterocycles. The number of nitrogens with zero attached hydrogens (tertiary/aromatic N) is 2. The summed E-state index contributed by atoms with van der Waals surface area (Å²) in [5.74, 6) is -0.293. The van der Waals surface area contributed by atoms with Crippen LogP contribution in [-0.4, -0.2) is 38.0 Å². The van der Waals surface area contributed by atoms with Crippen molar-refractivity contribution in [1.82, 2.24) is 10.2 Å². The van der Waals surface area contributed by atoms with Gasteiger partial charge in [0.05, 0.1) is 0 Å². The topological polar surface area (TPSA) is 27.6 Å². The second kappa shape index (κ2) is 8.62. The Morgan fingerprint density at radius 2 is 1.91 bits per heavy atom. The summed E-state index contributed by atoms with van der Waals surface area (Å²) in [6, 6.07) is 8.07. The normalized spacial score (nSPS) is 11.6. The van der Waals surface area contributed by atoms with Crippen LogP contribution in [0.5, 0.6) is 0 Å². The molecule has 2 rings (SSSR count). The van der Waals surface area contributed by atoms with Crippen LogP contribution >= 0.6 is 11.3 Å². The highest BCUT2D eigenvalue weighted by molar-refractivity contribution is 7.09. The third kappa shape index (κ3) is 5.03. The molecular weight excluding hydrogens is 316 g/mol. The van der Waals surface area contributed by atoms with Gasteiger partial charge < -0.3 is 10.2 Å². The Morgan fingerprint density at radius 1 is 1.17 bits per heavy atom. The zero-order chi connectivity index (χ0) is 16.7. The fraction of sp³-hybridized carbons (Fsp3) is 0.353. The van der Waals surface area contributed by atoms with Crippen LogP contribution in [0.2, 0.25) is 0 Å². The molecule has 0 aliphatic rings. The van der Waals surface area contributed by atoms with Gasteiger partial charge in [0.1, 0.15) is 11.6 Å². The number of hydrogen-bond acceptors (Lipinski definition) is 2. The van der Waals surface area contributed by atoms with Gasteiger partial charge in [-0.05, 0) is 36.4 Å². The van der Waals surface area contributed by atoms with Gasteiger partial charge in [0.25, 0.3) is 0 Å². The fourth-order valence-corrected chi connectivity index (χ4v) is 2.99. The molecule has 2 aromatic rings. The Balaban J connectivity index is 1.82. The van der Waals surface area contributed by atoms with Crippen molar-refractivity contribution in [2.75, 3.05) is 27.2 Å². The van der Waals surface area contributed by atoms with Crippen molar-refractivity contribution < 1.29 is 8.78 Å². The van der Waals surface area contributed by atoms with E-state index in [9.17, 15) is 8.78 Å². The molecule has 3 nitrogen and oxygen atoms in total. The summed E-state index contributed by atoms with van der Waals surface area (Å²) in [7, 11) is 3.65. The minimum Gasteiger partial charge on any atom is -0.356 e. The lowest BCUT2D eigenvalue weighted by Gasteiger charge is -2.22. The first kappa shape index (κ1) is 17.4. The van der Waals surface area contributed by atoms with Crippen LogP contribution in [0.15, 0.2) is 40.7 Å². The SMILES string of the molecule is CN=C(NCCc1c(F)cccc1F)N(C)CCc1cccs1. The molecule has 0 unspecified atom stereocenters. The summed E-state index contributed by atoms with van der Waals surface area (Å²) in [6.45, 7) is 1.25. The van der Waals surface area contributed by atoms with E-state index in [2.05, 4.69) is 21.8 Å². The van der Waals surface area contributed by atoms with Gasteiger partial charge in [0.2, 0.25) is 0 Å². The number of nitrogens with one attached hydrogen (secondary N) is 1. The van der Waals surface area contributed by atoms with E-state index in [-0.39, 0.29) is 12.0 Å². The highest BCUT2D eigenvalue weighted by Crippen LogP contribution is 2.12. The lowest BCUT2D eigenvalue weighted by atomic mass is 10.1. The maximum absolute atomic E-state index is 13.6. The third-order valence-electron chi connectivity index (χ3n) is 3.57. The van der Waals surface area contributed by atoms with Gasteiger partial charge in [-0.15, -0.1) is 11.3 Å². The van der Waals surface area contributed by atoms with Crippen molar-refractivity contribution in [1.29, 1.82) is 0 Å². The number of guanidine groups is 1. The van der Waals surface area contributed by atoms with E-state index in [0.29, 0.717) is 6.54 Å². The predicted molar refractivity (Wildman–Crippen MR) is 92.1 cm³/mol. The fourth-order valence-electron chi connectivity index (χ4n) is 2.29. The largest absolute Gasteiger partial charge is 0.356 e. The molecule has 0 saturated carbocycles. The lowest BCUT2D eigenvalue weighted by Crippen LogP contribution is -2.40. The molecule has 0 fully saturated rings. The zero-order valence-corrected chi connectivity index (χ0v) is 14.2. The summed E-state index contributed by atoms with van der Waals surface area (Å²) in [5, 5.41) is 5.21. The maximum Gasteiger partial charge on any atom is 0.193 e. The molecule has 1 N–H and O–H groups in total. The molecule has 1 aromatic carbocycles. The van der Waals surface area contributed by atoms with Crippen LogP contribution in [0, 0.1) is 11.6 Å². The Morgan fingerprint density at radius 3 is 2.52 bits per heavy atom. The second-order valence-electron chi connectivity index (χ2n) is 5.18. The molecule has 0 amide bonds. The summed E-state index contributed by atoms with van der Waals surface area (Å²) in [6.07, 6.45) is 1.22. The van der Waals surface area contributed by atoms with Gasteiger partial charge in [-0.3, -0.25) is 4.99 Å². The minimum atomic E-state index is -0.507. The van der Waals surface area contributed by atoms with Gasteiger partial charge in [-0.1, -0.05) is 12.1 Å². The van der Waals surface area contributed by atoms with Gasteiger partial charge in [0.15, 0.2) is 5.96 Å². The van der Waals surface area contributed by atoms with E-state index in [0.717, 1.165) is 18.9 Å². The number of aliphatic imine (C=N–C) groups is 1. The Bertz CT molecular complexity index is 621. The number of benzene rings is 1. The van der Waals surface area contributed by atoms with Crippen molar-refractivity contribution >= 4 is 17.3 Å². The lowest BCUT2D eigenvalue weighted by molar-refractivity contribution is 0.485. The number of likely N-dealkylation sites (N-methyl/N-ethyl adjacent to an activating group) is 1. The van der Waals surface area contributed by atoms with Crippen molar-refractivity contribution in [3.63, 3.8) is 0 Å². The first-order valence-electron chi connectivity index (χ1n) is 7.49. The monoisotopic (exact) mass is 337 g/mol. The predicted octanol–water partition coefficient (Wildman–Crippen LogP) is 3.32. The van der Waals surface area contributed by atoms with Crippen LogP contribution in [0.4, 0.5) is 8.78 Å². The Labute approximate surface area is 139 Å². The number of halogens is 2. The molecule has 23 heavy (non-hydrogen) atoms. The molecule has 124 valence electrons. The van der Waals surface area contributed by atoms with Crippen molar-refractivity contribution in [3.8, 4) is 0 Å². The summed E-state index contributed by atoms with van der Waals surface area (Å²) < 4.78 is 27.2. The van der Waals surface area contributed by atoms with Crippen LogP contribution in [-0.2, 0) is 12.8 Å². The van der Waals surface area contributed by atoms with E-state index in [1.54, 1.807) is 18.4 Å².